The zero-order chi connectivity index (χ0) is 21.4. The lowest BCUT2D eigenvalue weighted by Gasteiger charge is -2.24. The van der Waals surface area contributed by atoms with Gasteiger partial charge >= 0.3 is 0 Å². The molecule has 1 fully saturated rings. The second-order valence-corrected chi connectivity index (χ2v) is 7.86. The van der Waals surface area contributed by atoms with E-state index in [1.807, 2.05) is 19.1 Å². The topological polar surface area (TPSA) is 70.8 Å². The summed E-state index contributed by atoms with van der Waals surface area (Å²) >= 11 is 12.2. The van der Waals surface area contributed by atoms with Crippen LogP contribution in [0, 0.1) is 6.92 Å². The number of carbonyl (C=O) groups excluding carboxylic acids is 2. The molecule has 2 aromatic carbocycles. The molecule has 1 unspecified atom stereocenters. The molecular weight excluding hydrogens is 425 g/mol. The van der Waals surface area contributed by atoms with Crippen LogP contribution in [-0.2, 0) is 16.1 Å². The maximum Gasteiger partial charge on any atom is 0.296 e. The van der Waals surface area contributed by atoms with E-state index in [-0.39, 0.29) is 22.9 Å². The molecule has 1 aliphatic heterocycles. The first-order valence-corrected chi connectivity index (χ1v) is 9.95. The minimum Gasteiger partial charge on any atom is -0.507 e. The van der Waals surface area contributed by atoms with Crippen molar-refractivity contribution < 1.29 is 19.1 Å². The number of aliphatic hydroxyl groups excluding tert-OH is 1. The maximum absolute atomic E-state index is 13.0. The van der Waals surface area contributed by atoms with Gasteiger partial charge in [-0.1, -0.05) is 59.1 Å². The number of furan rings is 1. The molecule has 0 spiro atoms. The highest BCUT2D eigenvalue weighted by molar-refractivity contribution is 6.46. The van der Waals surface area contributed by atoms with Crippen LogP contribution in [0.1, 0.15) is 28.5 Å². The molecule has 1 aromatic heterocycles. The fourth-order valence-electron chi connectivity index (χ4n) is 3.51. The Morgan fingerprint density at radius 2 is 1.80 bits per heavy atom. The summed E-state index contributed by atoms with van der Waals surface area (Å²) in [7, 11) is 0. The number of aryl methyl sites for hydroxylation is 1. The molecule has 0 bridgehead atoms. The average molecular weight is 442 g/mol. The van der Waals surface area contributed by atoms with Crippen LogP contribution in [0.3, 0.4) is 0 Å². The zero-order valence-electron chi connectivity index (χ0n) is 15.9. The molecule has 1 saturated heterocycles. The minimum absolute atomic E-state index is 0.00574. The van der Waals surface area contributed by atoms with Gasteiger partial charge in [-0.25, -0.2) is 0 Å². The molecule has 4 rings (SSSR count). The third kappa shape index (κ3) is 3.62. The summed E-state index contributed by atoms with van der Waals surface area (Å²) in [5.74, 6) is -1.23. The Morgan fingerprint density at radius 3 is 2.43 bits per heavy atom. The van der Waals surface area contributed by atoms with Crippen LogP contribution in [0.5, 0.6) is 0 Å². The van der Waals surface area contributed by atoms with Gasteiger partial charge < -0.3 is 14.4 Å². The van der Waals surface area contributed by atoms with E-state index in [2.05, 4.69) is 0 Å². The SMILES string of the molecule is Cc1ccc(/C(O)=C2\C(=O)C(=O)N(Cc3ccco3)C2c2ccc(Cl)c(Cl)c2)cc1. The second-order valence-electron chi connectivity index (χ2n) is 7.05. The highest BCUT2D eigenvalue weighted by Gasteiger charge is 2.46. The average Bonchev–Trinajstić information content (AvgIpc) is 3.33. The number of likely N-dealkylation sites (tertiary alicyclic amines) is 1. The van der Waals surface area contributed by atoms with Gasteiger partial charge in [0, 0.05) is 5.56 Å². The zero-order valence-corrected chi connectivity index (χ0v) is 17.4. The molecular formula is C23H17Cl2NO4. The molecule has 1 N–H and O–H groups in total. The van der Waals surface area contributed by atoms with Crippen molar-refractivity contribution in [2.24, 2.45) is 0 Å². The first kappa shape index (κ1) is 20.3. The Morgan fingerprint density at radius 1 is 1.07 bits per heavy atom. The molecule has 30 heavy (non-hydrogen) atoms. The number of rotatable bonds is 4. The molecule has 0 radical (unpaired) electrons. The number of hydrogen-bond donors (Lipinski definition) is 1. The van der Waals surface area contributed by atoms with Crippen LogP contribution in [0.4, 0.5) is 0 Å². The van der Waals surface area contributed by atoms with Crippen molar-refractivity contribution in [3.63, 3.8) is 0 Å². The second kappa shape index (κ2) is 8.01. The standard InChI is InChI=1S/C23H17Cl2NO4/c1-13-4-6-14(7-5-13)21(27)19-20(15-8-9-17(24)18(25)11-15)26(23(29)22(19)28)12-16-3-2-10-30-16/h2-11,20,27H,12H2,1H3/b21-19+. The first-order valence-electron chi connectivity index (χ1n) is 9.19. The molecule has 5 nitrogen and oxygen atoms in total. The predicted molar refractivity (Wildman–Crippen MR) is 114 cm³/mol. The number of Topliss-reactive ketones (excluding diaryl/α,β-unsaturated/α-hetero) is 1. The molecule has 0 aliphatic carbocycles. The third-order valence-electron chi connectivity index (χ3n) is 5.03. The van der Waals surface area contributed by atoms with E-state index >= 15 is 0 Å². The molecule has 1 amide bonds. The van der Waals surface area contributed by atoms with Crippen molar-refractivity contribution in [1.29, 1.82) is 0 Å². The van der Waals surface area contributed by atoms with Gasteiger partial charge in [-0.2, -0.15) is 0 Å². The number of hydrogen-bond acceptors (Lipinski definition) is 4. The number of carbonyl (C=O) groups is 2. The van der Waals surface area contributed by atoms with Crippen LogP contribution in [-0.4, -0.2) is 21.7 Å². The first-order chi connectivity index (χ1) is 14.4. The van der Waals surface area contributed by atoms with Crippen molar-refractivity contribution in [1.82, 2.24) is 4.90 Å². The molecule has 152 valence electrons. The molecule has 3 aromatic rings. The lowest BCUT2D eigenvalue weighted by molar-refractivity contribution is -0.140. The molecule has 1 aliphatic rings. The van der Waals surface area contributed by atoms with Crippen molar-refractivity contribution in [2.75, 3.05) is 0 Å². The smallest absolute Gasteiger partial charge is 0.296 e. The summed E-state index contributed by atoms with van der Waals surface area (Å²) in [4.78, 5) is 27.2. The lowest BCUT2D eigenvalue weighted by Crippen LogP contribution is -2.29. The van der Waals surface area contributed by atoms with Gasteiger partial charge in [0.1, 0.15) is 11.5 Å². The number of halogens is 2. The number of aliphatic hydroxyl groups is 1. The molecule has 1 atom stereocenters. The highest BCUT2D eigenvalue weighted by atomic mass is 35.5. The summed E-state index contributed by atoms with van der Waals surface area (Å²) in [5, 5.41) is 11.6. The predicted octanol–water partition coefficient (Wildman–Crippen LogP) is 5.52. The minimum atomic E-state index is -0.842. The van der Waals surface area contributed by atoms with Gasteiger partial charge in [0.05, 0.1) is 34.5 Å². The Hall–Kier alpha value is -3.02. The van der Waals surface area contributed by atoms with Gasteiger partial charge in [-0.3, -0.25) is 9.59 Å². The third-order valence-corrected chi connectivity index (χ3v) is 5.77. The van der Waals surface area contributed by atoms with Gasteiger partial charge in [0.15, 0.2) is 0 Å². The van der Waals surface area contributed by atoms with Crippen molar-refractivity contribution in [3.8, 4) is 0 Å². The summed E-state index contributed by atoms with van der Waals surface area (Å²) in [6.45, 7) is 1.98. The van der Waals surface area contributed by atoms with Crippen molar-refractivity contribution in [3.05, 3.63) is 98.9 Å². The number of benzene rings is 2. The number of ketones is 1. The van der Waals surface area contributed by atoms with Gasteiger partial charge in [-0.05, 0) is 36.8 Å². The van der Waals surface area contributed by atoms with E-state index in [1.54, 1.807) is 42.5 Å². The quantitative estimate of drug-likeness (QED) is 0.328. The number of amides is 1. The van der Waals surface area contributed by atoms with Crippen LogP contribution in [0.25, 0.3) is 5.76 Å². The van der Waals surface area contributed by atoms with Crippen LogP contribution in [0.2, 0.25) is 10.0 Å². The Labute approximate surface area is 183 Å². The molecule has 0 saturated carbocycles. The van der Waals surface area contributed by atoms with Crippen molar-refractivity contribution >= 4 is 40.7 Å². The fourth-order valence-corrected chi connectivity index (χ4v) is 3.82. The van der Waals surface area contributed by atoms with Crippen LogP contribution >= 0.6 is 23.2 Å². The largest absolute Gasteiger partial charge is 0.507 e. The van der Waals surface area contributed by atoms with Gasteiger partial charge in [0.25, 0.3) is 11.7 Å². The van der Waals surface area contributed by atoms with Crippen molar-refractivity contribution in [2.45, 2.75) is 19.5 Å². The number of nitrogens with zero attached hydrogens (tertiary/aromatic N) is 1. The van der Waals surface area contributed by atoms with Crippen LogP contribution in [0.15, 0.2) is 70.9 Å². The highest BCUT2D eigenvalue weighted by Crippen LogP contribution is 2.41. The van der Waals surface area contributed by atoms with Gasteiger partial charge in [0.2, 0.25) is 0 Å². The van der Waals surface area contributed by atoms with E-state index in [0.717, 1.165) is 5.56 Å². The maximum atomic E-state index is 13.0. The van der Waals surface area contributed by atoms with E-state index in [1.165, 1.54) is 11.2 Å². The molecule has 2 heterocycles. The summed E-state index contributed by atoms with van der Waals surface area (Å²) in [6, 6.07) is 14.5. The lowest BCUT2D eigenvalue weighted by atomic mass is 9.95. The van der Waals surface area contributed by atoms with Crippen LogP contribution < -0.4 is 0 Å². The Kier molecular flexibility index (Phi) is 5.41. The summed E-state index contributed by atoms with van der Waals surface area (Å²) < 4.78 is 5.37. The van der Waals surface area contributed by atoms with E-state index in [4.69, 9.17) is 27.6 Å². The van der Waals surface area contributed by atoms with E-state index in [9.17, 15) is 14.7 Å². The Balaban J connectivity index is 1.88. The normalized spacial score (nSPS) is 18.2. The Bertz CT molecular complexity index is 1150. The molecule has 7 heteroatoms. The van der Waals surface area contributed by atoms with E-state index < -0.39 is 17.7 Å². The summed E-state index contributed by atoms with van der Waals surface area (Å²) in [6.07, 6.45) is 1.49. The van der Waals surface area contributed by atoms with E-state index in [0.29, 0.717) is 21.9 Å². The summed E-state index contributed by atoms with van der Waals surface area (Å²) in [5.41, 5.74) is 2.00. The van der Waals surface area contributed by atoms with Gasteiger partial charge in [-0.15, -0.1) is 0 Å². The monoisotopic (exact) mass is 441 g/mol. The fraction of sp³-hybridized carbons (Fsp3) is 0.130.